The highest BCUT2D eigenvalue weighted by atomic mass is 35.5. The third-order valence-corrected chi connectivity index (χ3v) is 4.38. The van der Waals surface area contributed by atoms with Gasteiger partial charge in [-0.3, -0.25) is 0 Å². The van der Waals surface area contributed by atoms with Gasteiger partial charge in [0.1, 0.15) is 23.7 Å². The Morgan fingerprint density at radius 3 is 2.87 bits per heavy atom. The summed E-state index contributed by atoms with van der Waals surface area (Å²) in [4.78, 5) is 8.36. The number of nitrogens with one attached hydrogen (secondary N) is 1. The van der Waals surface area contributed by atoms with E-state index in [9.17, 15) is 9.50 Å². The topological polar surface area (TPSA) is 92.4 Å². The Morgan fingerprint density at radius 2 is 2.22 bits per heavy atom. The van der Waals surface area contributed by atoms with Crippen molar-refractivity contribution in [2.45, 2.75) is 43.5 Å². The second-order valence-electron chi connectivity index (χ2n) is 5.90. The number of hydrogen-bond donors (Lipinski definition) is 3. The number of hydrogen-bond acceptors (Lipinski definition) is 6. The number of nitrogens with zero attached hydrogens (tertiary/aromatic N) is 3. The van der Waals surface area contributed by atoms with Crippen LogP contribution in [0.5, 0.6) is 0 Å². The monoisotopic (exact) mass is 342 g/mol. The molecule has 1 unspecified atom stereocenters. The first-order chi connectivity index (χ1) is 11.1. The third-order valence-electron chi connectivity index (χ3n) is 4.21. The molecular formula is C14H16ClFN4O3. The summed E-state index contributed by atoms with van der Waals surface area (Å²) in [5.41, 5.74) is 0.423. The van der Waals surface area contributed by atoms with Gasteiger partial charge in [0, 0.05) is 12.2 Å². The SMILES string of the molecule is OC[C@H]1O[C@@H](n2ccc3c(NC4CC4)nc(Cl)nc32)[C@H](F)C1O. The van der Waals surface area contributed by atoms with E-state index >= 15 is 0 Å². The van der Waals surface area contributed by atoms with Crippen molar-refractivity contribution in [2.75, 3.05) is 11.9 Å². The molecule has 1 saturated carbocycles. The number of alkyl halides is 1. The highest BCUT2D eigenvalue weighted by Gasteiger charge is 2.45. The van der Waals surface area contributed by atoms with Crippen molar-refractivity contribution >= 4 is 28.5 Å². The van der Waals surface area contributed by atoms with E-state index in [1.54, 1.807) is 12.3 Å². The van der Waals surface area contributed by atoms with Crippen LogP contribution in [0, 0.1) is 0 Å². The van der Waals surface area contributed by atoms with Crippen LogP contribution in [0.3, 0.4) is 0 Å². The molecule has 0 spiro atoms. The lowest BCUT2D eigenvalue weighted by Crippen LogP contribution is -2.30. The molecule has 0 amide bonds. The minimum absolute atomic E-state index is 0.0493. The summed E-state index contributed by atoms with van der Waals surface area (Å²) in [5, 5.41) is 23.0. The highest BCUT2D eigenvalue weighted by molar-refractivity contribution is 6.28. The van der Waals surface area contributed by atoms with Crippen LogP contribution in [0.4, 0.5) is 10.2 Å². The van der Waals surface area contributed by atoms with Crippen LogP contribution in [0.25, 0.3) is 11.0 Å². The Morgan fingerprint density at radius 1 is 1.43 bits per heavy atom. The number of aliphatic hydroxyl groups excluding tert-OH is 2. The number of anilines is 1. The molecule has 4 rings (SSSR count). The van der Waals surface area contributed by atoms with E-state index in [1.807, 2.05) is 0 Å². The van der Waals surface area contributed by atoms with E-state index in [1.165, 1.54) is 4.57 Å². The Kier molecular flexibility index (Phi) is 3.64. The normalized spacial score (nSPS) is 31.0. The smallest absolute Gasteiger partial charge is 0.226 e. The maximum Gasteiger partial charge on any atom is 0.226 e. The summed E-state index contributed by atoms with van der Waals surface area (Å²) in [6.45, 7) is -0.457. The molecular weight excluding hydrogens is 327 g/mol. The molecule has 1 aliphatic carbocycles. The zero-order valence-corrected chi connectivity index (χ0v) is 12.8. The molecule has 0 radical (unpaired) electrons. The third kappa shape index (κ3) is 2.55. The molecule has 0 bridgehead atoms. The van der Waals surface area contributed by atoms with E-state index in [-0.39, 0.29) is 5.28 Å². The Bertz CT molecular complexity index is 738. The van der Waals surface area contributed by atoms with Crippen LogP contribution in [0.2, 0.25) is 5.28 Å². The lowest BCUT2D eigenvalue weighted by Gasteiger charge is -2.16. The first kappa shape index (κ1) is 15.1. The number of fused-ring (bicyclic) bond motifs is 1. The van der Waals surface area contributed by atoms with Gasteiger partial charge in [-0.1, -0.05) is 0 Å². The predicted octanol–water partition coefficient (Wildman–Crippen LogP) is 1.25. The average molecular weight is 343 g/mol. The van der Waals surface area contributed by atoms with Crippen molar-refractivity contribution in [3.63, 3.8) is 0 Å². The quantitative estimate of drug-likeness (QED) is 0.724. The van der Waals surface area contributed by atoms with Crippen molar-refractivity contribution in [1.29, 1.82) is 0 Å². The number of aromatic nitrogens is 3. The molecule has 0 aromatic carbocycles. The molecule has 9 heteroatoms. The van der Waals surface area contributed by atoms with Crippen molar-refractivity contribution in [3.8, 4) is 0 Å². The Labute approximate surface area is 136 Å². The molecule has 3 N–H and O–H groups in total. The van der Waals surface area contributed by atoms with Gasteiger partial charge in [0.2, 0.25) is 5.28 Å². The summed E-state index contributed by atoms with van der Waals surface area (Å²) >= 11 is 5.98. The Balaban J connectivity index is 1.74. The summed E-state index contributed by atoms with van der Waals surface area (Å²) in [6, 6.07) is 2.13. The van der Waals surface area contributed by atoms with Crippen molar-refractivity contribution in [1.82, 2.24) is 14.5 Å². The van der Waals surface area contributed by atoms with E-state index in [0.29, 0.717) is 22.9 Å². The van der Waals surface area contributed by atoms with E-state index in [4.69, 9.17) is 21.4 Å². The molecule has 2 aliphatic rings. The minimum Gasteiger partial charge on any atom is -0.394 e. The van der Waals surface area contributed by atoms with Crippen LogP contribution in [0.1, 0.15) is 19.1 Å². The first-order valence-corrected chi connectivity index (χ1v) is 7.85. The number of ether oxygens (including phenoxy) is 1. The molecule has 1 aliphatic heterocycles. The zero-order chi connectivity index (χ0) is 16.1. The van der Waals surface area contributed by atoms with Gasteiger partial charge in [0.15, 0.2) is 12.4 Å². The van der Waals surface area contributed by atoms with Gasteiger partial charge in [-0.25, -0.2) is 9.37 Å². The van der Waals surface area contributed by atoms with Crippen LogP contribution < -0.4 is 5.32 Å². The molecule has 2 aromatic heterocycles. The highest BCUT2D eigenvalue weighted by Crippen LogP contribution is 2.36. The molecule has 4 atom stereocenters. The van der Waals surface area contributed by atoms with Crippen LogP contribution in [-0.2, 0) is 4.74 Å². The zero-order valence-electron chi connectivity index (χ0n) is 12.1. The molecule has 23 heavy (non-hydrogen) atoms. The van der Waals surface area contributed by atoms with Crippen LogP contribution in [-0.4, -0.2) is 55.8 Å². The maximum atomic E-state index is 14.3. The van der Waals surface area contributed by atoms with Crippen molar-refractivity contribution in [3.05, 3.63) is 17.5 Å². The van der Waals surface area contributed by atoms with Gasteiger partial charge in [0.05, 0.1) is 12.0 Å². The van der Waals surface area contributed by atoms with Crippen molar-refractivity contribution in [2.24, 2.45) is 0 Å². The summed E-state index contributed by atoms with van der Waals surface area (Å²) in [5.74, 6) is 0.605. The summed E-state index contributed by atoms with van der Waals surface area (Å²) < 4.78 is 21.2. The lowest BCUT2D eigenvalue weighted by molar-refractivity contribution is -0.0457. The minimum atomic E-state index is -1.67. The van der Waals surface area contributed by atoms with Gasteiger partial charge in [-0.05, 0) is 30.5 Å². The number of rotatable bonds is 4. The van der Waals surface area contributed by atoms with E-state index < -0.39 is 31.2 Å². The van der Waals surface area contributed by atoms with Gasteiger partial charge >= 0.3 is 0 Å². The van der Waals surface area contributed by atoms with E-state index in [2.05, 4.69) is 15.3 Å². The fourth-order valence-corrected chi connectivity index (χ4v) is 2.99. The molecule has 2 aromatic rings. The molecule has 124 valence electrons. The molecule has 7 nitrogen and oxygen atoms in total. The number of aliphatic hydroxyl groups is 2. The first-order valence-electron chi connectivity index (χ1n) is 7.47. The fraction of sp³-hybridized carbons (Fsp3) is 0.571. The van der Waals surface area contributed by atoms with E-state index in [0.717, 1.165) is 12.8 Å². The second-order valence-corrected chi connectivity index (χ2v) is 6.24. The van der Waals surface area contributed by atoms with Gasteiger partial charge in [-0.2, -0.15) is 4.98 Å². The van der Waals surface area contributed by atoms with Gasteiger partial charge < -0.3 is 24.8 Å². The second kappa shape index (κ2) is 5.55. The Hall–Kier alpha value is -1.48. The summed E-state index contributed by atoms with van der Waals surface area (Å²) in [7, 11) is 0. The molecule has 1 saturated heterocycles. The summed E-state index contributed by atoms with van der Waals surface area (Å²) in [6.07, 6.45) is -1.32. The van der Waals surface area contributed by atoms with Crippen LogP contribution in [0.15, 0.2) is 12.3 Å². The molecule has 2 fully saturated rings. The van der Waals surface area contributed by atoms with Crippen LogP contribution >= 0.6 is 11.6 Å². The van der Waals surface area contributed by atoms with Gasteiger partial charge in [0.25, 0.3) is 0 Å². The lowest BCUT2D eigenvalue weighted by atomic mass is 10.1. The average Bonchev–Trinajstić information content (AvgIpc) is 3.17. The fourth-order valence-electron chi connectivity index (χ4n) is 2.82. The van der Waals surface area contributed by atoms with Gasteiger partial charge in [-0.15, -0.1) is 0 Å². The standard InChI is InChI=1S/C14H16ClFN4O3/c15-14-18-11(17-6-1-2-6)7-3-4-20(12(7)19-14)13-9(16)10(22)8(5-21)23-13/h3-4,6,8-10,13,21-22H,1-2,5H2,(H,17,18,19)/t8-,9-,10?,13-/m1/s1. The largest absolute Gasteiger partial charge is 0.394 e. The number of halogens is 2. The maximum absolute atomic E-state index is 14.3. The molecule has 3 heterocycles. The van der Waals surface area contributed by atoms with Crippen molar-refractivity contribution < 1.29 is 19.3 Å². The predicted molar refractivity (Wildman–Crippen MR) is 81.1 cm³/mol.